The number of amides is 1. The van der Waals surface area contributed by atoms with Gasteiger partial charge >= 0.3 is 5.97 Å². The molecule has 6 nitrogen and oxygen atoms in total. The van der Waals surface area contributed by atoms with Crippen LogP contribution in [0, 0.1) is 5.92 Å². The van der Waals surface area contributed by atoms with E-state index in [1.165, 1.54) is 0 Å². The van der Waals surface area contributed by atoms with Gasteiger partial charge in [0.25, 0.3) is 0 Å². The van der Waals surface area contributed by atoms with Gasteiger partial charge in [-0.25, -0.2) is 0 Å². The van der Waals surface area contributed by atoms with Crippen LogP contribution >= 0.6 is 0 Å². The van der Waals surface area contributed by atoms with Crippen LogP contribution < -0.4 is 14.8 Å². The van der Waals surface area contributed by atoms with Gasteiger partial charge in [0.05, 0.1) is 20.1 Å². The smallest absolute Gasteiger partial charge is 0.306 e. The van der Waals surface area contributed by atoms with Gasteiger partial charge in [0.15, 0.2) is 0 Å². The number of nitrogens with one attached hydrogen (secondary N) is 1. The third kappa shape index (κ3) is 6.30. The Balaban J connectivity index is 1.82. The van der Waals surface area contributed by atoms with E-state index < -0.39 is 11.9 Å². The maximum absolute atomic E-state index is 12.2. The Morgan fingerprint density at radius 1 is 1.07 bits per heavy atom. The Kier molecular flexibility index (Phi) is 7.87. The zero-order valence-electron chi connectivity index (χ0n) is 16.5. The minimum absolute atomic E-state index is 0.0564. The Hall–Kier alpha value is -3.02. The zero-order chi connectivity index (χ0) is 20.5. The minimum atomic E-state index is -0.814. The van der Waals surface area contributed by atoms with E-state index in [-0.39, 0.29) is 5.91 Å². The van der Waals surface area contributed by atoms with Gasteiger partial charge in [0, 0.05) is 18.2 Å². The van der Waals surface area contributed by atoms with Gasteiger partial charge in [-0.15, -0.1) is 0 Å². The third-order valence-electron chi connectivity index (χ3n) is 4.55. The number of carboxylic acids is 1. The first-order valence-corrected chi connectivity index (χ1v) is 9.25. The highest BCUT2D eigenvalue weighted by atomic mass is 16.5. The van der Waals surface area contributed by atoms with E-state index in [4.69, 9.17) is 14.6 Å². The summed E-state index contributed by atoms with van der Waals surface area (Å²) in [5.74, 6) is 0.186. The highest BCUT2D eigenvalue weighted by Crippen LogP contribution is 2.26. The second kappa shape index (κ2) is 10.3. The van der Waals surface area contributed by atoms with Crippen LogP contribution in [0.3, 0.4) is 0 Å². The summed E-state index contributed by atoms with van der Waals surface area (Å²) in [5.41, 5.74) is 2.67. The molecule has 2 aromatic carbocycles. The van der Waals surface area contributed by atoms with Gasteiger partial charge < -0.3 is 19.9 Å². The predicted molar refractivity (Wildman–Crippen MR) is 108 cm³/mol. The first kappa shape index (κ1) is 21.3. The lowest BCUT2D eigenvalue weighted by Crippen LogP contribution is -2.13. The number of carbonyl (C=O) groups excluding carboxylic acids is 1. The predicted octanol–water partition coefficient (Wildman–Crippen LogP) is 3.93. The molecule has 0 saturated carbocycles. The van der Waals surface area contributed by atoms with Crippen molar-refractivity contribution in [2.24, 2.45) is 5.92 Å². The monoisotopic (exact) mass is 385 g/mol. The van der Waals surface area contributed by atoms with E-state index in [0.29, 0.717) is 24.9 Å². The fourth-order valence-corrected chi connectivity index (χ4v) is 2.89. The number of ether oxygens (including phenoxy) is 2. The molecule has 0 bridgehead atoms. The summed E-state index contributed by atoms with van der Waals surface area (Å²) >= 11 is 0. The summed E-state index contributed by atoms with van der Waals surface area (Å²) in [6.07, 6.45) is 2.29. The van der Waals surface area contributed by atoms with Crippen LogP contribution in [0.2, 0.25) is 0 Å². The number of anilines is 1. The van der Waals surface area contributed by atoms with Crippen molar-refractivity contribution in [2.45, 2.75) is 32.6 Å². The molecule has 0 saturated heterocycles. The first-order valence-electron chi connectivity index (χ1n) is 9.25. The number of aryl methyl sites for hydroxylation is 1. The molecule has 0 aliphatic heterocycles. The molecule has 2 aromatic rings. The highest BCUT2D eigenvalue weighted by Gasteiger charge is 2.12. The van der Waals surface area contributed by atoms with Gasteiger partial charge in [-0.3, -0.25) is 9.59 Å². The van der Waals surface area contributed by atoms with Crippen LogP contribution in [-0.2, 0) is 22.4 Å². The molecule has 1 amide bonds. The van der Waals surface area contributed by atoms with Crippen molar-refractivity contribution in [1.82, 2.24) is 0 Å². The largest absolute Gasteiger partial charge is 0.497 e. The van der Waals surface area contributed by atoms with Gasteiger partial charge in [-0.05, 0) is 48.6 Å². The molecule has 1 atom stereocenters. The number of methoxy groups -OCH3 is 2. The number of carboxylic acid groups (broad SMARTS) is 1. The second-order valence-electron chi connectivity index (χ2n) is 6.72. The number of aliphatic carboxylic acids is 1. The van der Waals surface area contributed by atoms with Crippen LogP contribution in [0.5, 0.6) is 11.5 Å². The van der Waals surface area contributed by atoms with E-state index in [9.17, 15) is 9.59 Å². The fraction of sp³-hybridized carbons (Fsp3) is 0.364. The number of carbonyl (C=O) groups is 2. The Morgan fingerprint density at radius 2 is 1.79 bits per heavy atom. The molecule has 150 valence electrons. The second-order valence-corrected chi connectivity index (χ2v) is 6.72. The Morgan fingerprint density at radius 3 is 2.39 bits per heavy atom. The van der Waals surface area contributed by atoms with Crippen molar-refractivity contribution >= 4 is 17.6 Å². The molecular weight excluding hydrogens is 358 g/mol. The Labute approximate surface area is 165 Å². The van der Waals surface area contributed by atoms with Crippen molar-refractivity contribution in [3.8, 4) is 11.5 Å². The van der Waals surface area contributed by atoms with E-state index >= 15 is 0 Å². The number of hydrogen-bond donors (Lipinski definition) is 2. The van der Waals surface area contributed by atoms with Crippen LogP contribution in [0.15, 0.2) is 42.5 Å². The van der Waals surface area contributed by atoms with E-state index in [1.54, 1.807) is 33.3 Å². The quantitative estimate of drug-likeness (QED) is 0.647. The molecule has 0 heterocycles. The van der Waals surface area contributed by atoms with Crippen LogP contribution in [0.4, 0.5) is 5.69 Å². The highest BCUT2D eigenvalue weighted by molar-refractivity contribution is 5.90. The van der Waals surface area contributed by atoms with Gasteiger partial charge in [0.2, 0.25) is 5.91 Å². The van der Waals surface area contributed by atoms with Crippen LogP contribution in [-0.4, -0.2) is 31.2 Å². The van der Waals surface area contributed by atoms with Crippen molar-refractivity contribution < 1.29 is 24.2 Å². The molecule has 6 heteroatoms. The molecular formula is C22H27NO5. The summed E-state index contributed by atoms with van der Waals surface area (Å²) in [7, 11) is 3.23. The van der Waals surface area contributed by atoms with E-state index in [2.05, 4.69) is 5.32 Å². The topological polar surface area (TPSA) is 84.9 Å². The van der Waals surface area contributed by atoms with Gasteiger partial charge in [-0.1, -0.05) is 25.1 Å². The number of benzene rings is 2. The minimum Gasteiger partial charge on any atom is -0.497 e. The fourth-order valence-electron chi connectivity index (χ4n) is 2.89. The third-order valence-corrected chi connectivity index (χ3v) is 4.55. The van der Waals surface area contributed by atoms with Crippen molar-refractivity contribution in [2.75, 3.05) is 19.5 Å². The SMILES string of the molecule is COc1ccc(CCCC(=O)Nc2ccc(CC(C)C(=O)O)cc2)c(OC)c1. The lowest BCUT2D eigenvalue weighted by Gasteiger charge is -2.11. The average Bonchev–Trinajstić information content (AvgIpc) is 2.69. The molecule has 0 radical (unpaired) electrons. The molecule has 1 unspecified atom stereocenters. The summed E-state index contributed by atoms with van der Waals surface area (Å²) in [6, 6.07) is 13.0. The molecule has 0 spiro atoms. The summed E-state index contributed by atoms with van der Waals surface area (Å²) in [6.45, 7) is 1.68. The lowest BCUT2D eigenvalue weighted by atomic mass is 10.0. The maximum atomic E-state index is 12.2. The molecule has 28 heavy (non-hydrogen) atoms. The van der Waals surface area contributed by atoms with Crippen molar-refractivity contribution in [3.05, 3.63) is 53.6 Å². The summed E-state index contributed by atoms with van der Waals surface area (Å²) in [5, 5.41) is 11.8. The van der Waals surface area contributed by atoms with Gasteiger partial charge in [-0.2, -0.15) is 0 Å². The number of rotatable bonds is 10. The standard InChI is InChI=1S/C22H27NO5/c1-15(22(25)26)13-16-7-10-18(11-8-16)23-21(24)6-4-5-17-9-12-19(27-2)14-20(17)28-3/h7-12,14-15H,4-6,13H2,1-3H3,(H,23,24)(H,25,26). The molecule has 0 aliphatic carbocycles. The number of hydrogen-bond acceptors (Lipinski definition) is 4. The van der Waals surface area contributed by atoms with Crippen LogP contribution in [0.1, 0.15) is 30.9 Å². The summed E-state index contributed by atoms with van der Waals surface area (Å²) in [4.78, 5) is 23.1. The lowest BCUT2D eigenvalue weighted by molar-refractivity contribution is -0.141. The van der Waals surface area contributed by atoms with Crippen molar-refractivity contribution in [1.29, 1.82) is 0 Å². The zero-order valence-corrected chi connectivity index (χ0v) is 16.5. The molecule has 2 N–H and O–H groups in total. The first-order chi connectivity index (χ1) is 13.4. The van der Waals surface area contributed by atoms with E-state index in [0.717, 1.165) is 29.0 Å². The molecule has 0 fully saturated rings. The Bertz CT molecular complexity index is 801. The summed E-state index contributed by atoms with van der Waals surface area (Å²) < 4.78 is 10.6. The maximum Gasteiger partial charge on any atom is 0.306 e. The van der Waals surface area contributed by atoms with Crippen molar-refractivity contribution in [3.63, 3.8) is 0 Å². The molecule has 2 rings (SSSR count). The average molecular weight is 385 g/mol. The van der Waals surface area contributed by atoms with Gasteiger partial charge in [0.1, 0.15) is 11.5 Å². The normalized spacial score (nSPS) is 11.5. The molecule has 0 aromatic heterocycles. The molecule has 0 aliphatic rings. The van der Waals surface area contributed by atoms with Crippen LogP contribution in [0.25, 0.3) is 0 Å². The van der Waals surface area contributed by atoms with E-state index in [1.807, 2.05) is 30.3 Å².